The molecular weight excluding hydrogens is 232 g/mol. The van der Waals surface area contributed by atoms with Crippen LogP contribution in [-0.2, 0) is 23.7 Å². The van der Waals surface area contributed by atoms with Gasteiger partial charge in [0.1, 0.15) is 18.3 Å². The minimum Gasteiger partial charge on any atom is -0.467 e. The molecule has 2 fully saturated rings. The minimum absolute atomic E-state index is 0.714. The van der Waals surface area contributed by atoms with Gasteiger partial charge in [-0.15, -0.1) is 0 Å². The van der Waals surface area contributed by atoms with Crippen LogP contribution >= 0.6 is 0 Å². The number of fused-ring (bicyclic) bond motifs is 1. The number of aliphatic hydroxyl groups excluding tert-OH is 2. The van der Waals surface area contributed by atoms with Gasteiger partial charge < -0.3 is 29.2 Å². The first-order valence-corrected chi connectivity index (χ1v) is 5.31. The van der Waals surface area contributed by atoms with Crippen molar-refractivity contribution in [3.8, 4) is 0 Å². The monoisotopic (exact) mass is 248 g/mol. The Labute approximate surface area is 98.2 Å². The van der Waals surface area contributed by atoms with E-state index in [1.54, 1.807) is 13.8 Å². The number of methoxy groups -OCH3 is 1. The summed E-state index contributed by atoms with van der Waals surface area (Å²) in [6.45, 7) is 3.38. The first-order valence-electron chi connectivity index (χ1n) is 5.31. The maximum atomic E-state index is 11.1. The molecule has 0 saturated carbocycles. The lowest BCUT2D eigenvalue weighted by atomic mass is 10.1. The van der Waals surface area contributed by atoms with Crippen molar-refractivity contribution in [3.63, 3.8) is 0 Å². The second-order valence-corrected chi connectivity index (χ2v) is 4.53. The van der Waals surface area contributed by atoms with Crippen LogP contribution in [0, 0.1) is 0 Å². The molecule has 2 saturated heterocycles. The van der Waals surface area contributed by atoms with E-state index in [2.05, 4.69) is 4.74 Å². The molecule has 7 heteroatoms. The average molecular weight is 248 g/mol. The summed E-state index contributed by atoms with van der Waals surface area (Å²) in [5.41, 5.74) is 0. The van der Waals surface area contributed by atoms with Crippen molar-refractivity contribution in [2.45, 2.75) is 50.3 Å². The summed E-state index contributed by atoms with van der Waals surface area (Å²) < 4.78 is 20.4. The molecule has 5 atom stereocenters. The van der Waals surface area contributed by atoms with Gasteiger partial charge in [0.05, 0.1) is 7.11 Å². The maximum absolute atomic E-state index is 11.1. The topological polar surface area (TPSA) is 94.5 Å². The van der Waals surface area contributed by atoms with Crippen molar-refractivity contribution in [2.24, 2.45) is 0 Å². The molecule has 98 valence electrons. The van der Waals surface area contributed by atoms with Gasteiger partial charge in [0.25, 0.3) is 0 Å². The Morgan fingerprint density at radius 2 is 2.06 bits per heavy atom. The molecule has 2 heterocycles. The first kappa shape index (κ1) is 12.7. The number of aliphatic hydroxyl groups is 2. The van der Waals surface area contributed by atoms with E-state index < -0.39 is 42.5 Å². The van der Waals surface area contributed by atoms with E-state index in [1.165, 1.54) is 0 Å². The van der Waals surface area contributed by atoms with Gasteiger partial charge in [-0.1, -0.05) is 0 Å². The smallest absolute Gasteiger partial charge is 0.337 e. The molecule has 7 nitrogen and oxygen atoms in total. The van der Waals surface area contributed by atoms with Gasteiger partial charge in [-0.2, -0.15) is 0 Å². The molecular formula is C10H16O7. The number of carbonyl (C=O) groups is 1. The SMILES string of the molecule is COC(=O)C(O)[C@H]1O[C@H]2OC(C)(C)O[C@@H]2[C@H]1O. The largest absolute Gasteiger partial charge is 0.467 e. The summed E-state index contributed by atoms with van der Waals surface area (Å²) in [5, 5.41) is 19.5. The number of ether oxygens (including phenoxy) is 4. The zero-order valence-corrected chi connectivity index (χ0v) is 9.82. The van der Waals surface area contributed by atoms with Crippen LogP contribution in [0.5, 0.6) is 0 Å². The lowest BCUT2D eigenvalue weighted by Gasteiger charge is -2.24. The molecule has 0 aromatic rings. The van der Waals surface area contributed by atoms with Crippen molar-refractivity contribution >= 4 is 5.97 Å². The molecule has 17 heavy (non-hydrogen) atoms. The van der Waals surface area contributed by atoms with Gasteiger partial charge in [0.15, 0.2) is 18.2 Å². The molecule has 0 bridgehead atoms. The summed E-state index contributed by atoms with van der Waals surface area (Å²) in [4.78, 5) is 11.1. The summed E-state index contributed by atoms with van der Waals surface area (Å²) in [7, 11) is 1.14. The Morgan fingerprint density at radius 1 is 1.41 bits per heavy atom. The van der Waals surface area contributed by atoms with Crippen LogP contribution in [-0.4, -0.2) is 59.8 Å². The quantitative estimate of drug-likeness (QED) is 0.590. The van der Waals surface area contributed by atoms with Crippen LogP contribution in [0.3, 0.4) is 0 Å². The summed E-state index contributed by atoms with van der Waals surface area (Å²) in [5.74, 6) is -1.72. The second-order valence-electron chi connectivity index (χ2n) is 4.53. The lowest BCUT2D eigenvalue weighted by molar-refractivity contribution is -0.227. The van der Waals surface area contributed by atoms with Crippen LogP contribution in [0.15, 0.2) is 0 Å². The fourth-order valence-corrected chi connectivity index (χ4v) is 2.03. The molecule has 0 amide bonds. The van der Waals surface area contributed by atoms with Gasteiger partial charge in [-0.05, 0) is 13.8 Å². The van der Waals surface area contributed by atoms with E-state index in [9.17, 15) is 15.0 Å². The van der Waals surface area contributed by atoms with Gasteiger partial charge in [-0.3, -0.25) is 0 Å². The molecule has 0 spiro atoms. The molecule has 1 unspecified atom stereocenters. The first-order chi connectivity index (χ1) is 7.85. The van der Waals surface area contributed by atoms with Crippen LogP contribution in [0.1, 0.15) is 13.8 Å². The van der Waals surface area contributed by atoms with Crippen molar-refractivity contribution in [1.29, 1.82) is 0 Å². The minimum atomic E-state index is -1.56. The molecule has 2 aliphatic rings. The van der Waals surface area contributed by atoms with Crippen LogP contribution in [0.2, 0.25) is 0 Å². The Bertz CT molecular complexity index is 316. The maximum Gasteiger partial charge on any atom is 0.337 e. The molecule has 0 aliphatic carbocycles. The van der Waals surface area contributed by atoms with E-state index in [4.69, 9.17) is 14.2 Å². The van der Waals surface area contributed by atoms with E-state index >= 15 is 0 Å². The van der Waals surface area contributed by atoms with E-state index in [0.717, 1.165) is 7.11 Å². The van der Waals surface area contributed by atoms with Gasteiger partial charge in [0.2, 0.25) is 0 Å². The third kappa shape index (κ3) is 2.16. The van der Waals surface area contributed by atoms with Crippen LogP contribution in [0.25, 0.3) is 0 Å². The van der Waals surface area contributed by atoms with Crippen molar-refractivity contribution in [2.75, 3.05) is 7.11 Å². The zero-order chi connectivity index (χ0) is 12.8. The molecule has 2 aliphatic heterocycles. The Hall–Kier alpha value is -0.730. The number of hydrogen-bond donors (Lipinski definition) is 2. The standard InChI is InChI=1S/C10H16O7/c1-10(2)16-7-4(11)6(15-9(7)17-10)5(12)8(13)14-3/h4-7,9,11-12H,1-3H3/t4-,5?,6-,7+,9-/m0/s1. The summed E-state index contributed by atoms with van der Waals surface area (Å²) >= 11 is 0. The Balaban J connectivity index is 2.05. The molecule has 0 aromatic heterocycles. The van der Waals surface area contributed by atoms with Crippen LogP contribution < -0.4 is 0 Å². The summed E-state index contributed by atoms with van der Waals surface area (Å²) in [6.07, 6.45) is -5.31. The highest BCUT2D eigenvalue weighted by Crippen LogP contribution is 2.38. The fraction of sp³-hybridized carbons (Fsp3) is 0.900. The number of carbonyl (C=O) groups excluding carboxylic acids is 1. The predicted molar refractivity (Wildman–Crippen MR) is 52.7 cm³/mol. The number of esters is 1. The van der Waals surface area contributed by atoms with Gasteiger partial charge >= 0.3 is 5.97 Å². The zero-order valence-electron chi connectivity index (χ0n) is 9.82. The van der Waals surface area contributed by atoms with Crippen molar-refractivity contribution in [3.05, 3.63) is 0 Å². The van der Waals surface area contributed by atoms with E-state index in [0.29, 0.717) is 0 Å². The van der Waals surface area contributed by atoms with Gasteiger partial charge in [0, 0.05) is 0 Å². The highest BCUT2D eigenvalue weighted by atomic mass is 16.8. The average Bonchev–Trinajstić information content (AvgIpc) is 2.71. The normalized spacial score (nSPS) is 41.0. The third-order valence-electron chi connectivity index (χ3n) is 2.81. The predicted octanol–water partition coefficient (Wildman–Crippen LogP) is -1.24. The third-order valence-corrected chi connectivity index (χ3v) is 2.81. The number of rotatable bonds is 2. The van der Waals surface area contributed by atoms with Crippen LogP contribution in [0.4, 0.5) is 0 Å². The van der Waals surface area contributed by atoms with E-state index in [-0.39, 0.29) is 0 Å². The Morgan fingerprint density at radius 3 is 2.59 bits per heavy atom. The van der Waals surface area contributed by atoms with E-state index in [1.807, 2.05) is 0 Å². The number of hydrogen-bond acceptors (Lipinski definition) is 7. The van der Waals surface area contributed by atoms with Crippen molar-refractivity contribution in [1.82, 2.24) is 0 Å². The highest BCUT2D eigenvalue weighted by Gasteiger charge is 2.57. The Kier molecular flexibility index (Phi) is 3.13. The molecule has 2 rings (SSSR count). The lowest BCUT2D eigenvalue weighted by Crippen LogP contribution is -2.44. The molecule has 2 N–H and O–H groups in total. The van der Waals surface area contributed by atoms with Gasteiger partial charge in [-0.25, -0.2) is 4.79 Å². The fourth-order valence-electron chi connectivity index (χ4n) is 2.03. The molecule has 0 radical (unpaired) electrons. The van der Waals surface area contributed by atoms with Crippen molar-refractivity contribution < 1.29 is 34.0 Å². The summed E-state index contributed by atoms with van der Waals surface area (Å²) in [6, 6.07) is 0. The highest BCUT2D eigenvalue weighted by molar-refractivity contribution is 5.75. The molecule has 0 aromatic carbocycles. The second kappa shape index (κ2) is 4.18.